The first-order valence-corrected chi connectivity index (χ1v) is 13.0. The molecule has 182 valence electrons. The minimum absolute atomic E-state index is 0.225. The van der Waals surface area contributed by atoms with Crippen LogP contribution in [0.4, 0.5) is 16.2 Å². The molecule has 0 aromatic heterocycles. The fourth-order valence-corrected chi connectivity index (χ4v) is 5.57. The molecule has 0 bridgehead atoms. The Bertz CT molecular complexity index is 1240. The molecule has 0 spiro atoms. The normalized spacial score (nSPS) is 15.7. The molecule has 2 aliphatic rings. The average molecular weight is 530 g/mol. The van der Waals surface area contributed by atoms with E-state index in [0.717, 1.165) is 40.8 Å². The zero-order chi connectivity index (χ0) is 25.1. The lowest BCUT2D eigenvalue weighted by atomic mass is 9.81. The highest BCUT2D eigenvalue weighted by Crippen LogP contribution is 2.46. The number of rotatable bonds is 3. The monoisotopic (exact) mass is 528 g/mol. The lowest BCUT2D eigenvalue weighted by Gasteiger charge is -2.34. The summed E-state index contributed by atoms with van der Waals surface area (Å²) in [6.07, 6.45) is 2.73. The zero-order valence-electron chi connectivity index (χ0n) is 19.7. The SMILES string of the molecule is CC.O=C1CCC(c2cc(-c3ccccc3Cl)c3c(c2)N(c2c(Cl)cccc2Cl)C(=O)NC3)CC1. The Kier molecular flexibility index (Phi) is 8.05. The second-order valence-corrected chi connectivity index (χ2v) is 9.64. The lowest BCUT2D eigenvalue weighted by Crippen LogP contribution is -2.41. The Morgan fingerprint density at radius 1 is 0.829 bits per heavy atom. The van der Waals surface area contributed by atoms with Crippen molar-refractivity contribution in [3.05, 3.63) is 80.8 Å². The maximum absolute atomic E-state index is 13.1. The molecule has 1 N–H and O–H groups in total. The van der Waals surface area contributed by atoms with E-state index in [1.54, 1.807) is 23.1 Å². The minimum atomic E-state index is -0.293. The van der Waals surface area contributed by atoms with Crippen LogP contribution in [0.1, 0.15) is 56.6 Å². The third-order valence-corrected chi connectivity index (χ3v) is 7.39. The van der Waals surface area contributed by atoms with Gasteiger partial charge in [0, 0.05) is 35.5 Å². The predicted octanol–water partition coefficient (Wildman–Crippen LogP) is 8.93. The highest BCUT2D eigenvalue weighted by atomic mass is 35.5. The Labute approximate surface area is 221 Å². The van der Waals surface area contributed by atoms with Gasteiger partial charge in [-0.3, -0.25) is 9.69 Å². The first kappa shape index (κ1) is 25.6. The molecule has 3 aromatic rings. The number of carbonyl (C=O) groups is 2. The molecule has 35 heavy (non-hydrogen) atoms. The molecular formula is C28H27Cl3N2O2. The van der Waals surface area contributed by atoms with Crippen LogP contribution < -0.4 is 10.2 Å². The van der Waals surface area contributed by atoms with Crippen molar-refractivity contribution in [1.82, 2.24) is 5.32 Å². The van der Waals surface area contributed by atoms with Crippen LogP contribution >= 0.6 is 34.8 Å². The first-order chi connectivity index (χ1) is 16.9. The van der Waals surface area contributed by atoms with Crippen LogP contribution in [0.25, 0.3) is 11.1 Å². The van der Waals surface area contributed by atoms with Crippen molar-refractivity contribution in [3.8, 4) is 11.1 Å². The van der Waals surface area contributed by atoms with Crippen molar-refractivity contribution in [2.24, 2.45) is 0 Å². The zero-order valence-corrected chi connectivity index (χ0v) is 22.0. The van der Waals surface area contributed by atoms with Crippen LogP contribution in [0.5, 0.6) is 0 Å². The van der Waals surface area contributed by atoms with Gasteiger partial charge >= 0.3 is 6.03 Å². The van der Waals surface area contributed by atoms with Crippen LogP contribution in [-0.4, -0.2) is 11.8 Å². The van der Waals surface area contributed by atoms with Crippen molar-refractivity contribution < 1.29 is 9.59 Å². The summed E-state index contributed by atoms with van der Waals surface area (Å²) < 4.78 is 0. The summed E-state index contributed by atoms with van der Waals surface area (Å²) in [5.74, 6) is 0.530. The molecule has 2 amide bonds. The topological polar surface area (TPSA) is 49.4 Å². The average Bonchev–Trinajstić information content (AvgIpc) is 2.86. The smallest absolute Gasteiger partial charge is 0.326 e. The highest BCUT2D eigenvalue weighted by molar-refractivity contribution is 6.40. The van der Waals surface area contributed by atoms with Gasteiger partial charge in [0.1, 0.15) is 5.78 Å². The highest BCUT2D eigenvalue weighted by Gasteiger charge is 2.32. The minimum Gasteiger partial charge on any atom is -0.333 e. The number of ketones is 1. The van der Waals surface area contributed by atoms with E-state index in [1.165, 1.54) is 0 Å². The van der Waals surface area contributed by atoms with Crippen LogP contribution in [0.2, 0.25) is 15.1 Å². The van der Waals surface area contributed by atoms with Gasteiger partial charge in [0.2, 0.25) is 0 Å². The first-order valence-electron chi connectivity index (χ1n) is 11.9. The molecule has 0 atom stereocenters. The third-order valence-electron chi connectivity index (χ3n) is 6.45. The molecule has 5 rings (SSSR count). The number of urea groups is 1. The van der Waals surface area contributed by atoms with Crippen molar-refractivity contribution >= 4 is 58.0 Å². The standard InChI is InChI=1S/C26H21Cl3N2O2.C2H6/c27-21-5-2-1-4-18(21)19-12-16(15-8-10-17(32)11-9-15)13-24-20(19)14-30-26(33)31(24)25-22(28)6-3-7-23(25)29;1-2/h1-7,12-13,15H,8-11,14H2,(H,30,33);1-2H3. The quantitative estimate of drug-likeness (QED) is 0.368. The number of fused-ring (bicyclic) bond motifs is 1. The molecule has 0 saturated heterocycles. The van der Waals surface area contributed by atoms with Gasteiger partial charge in [-0.05, 0) is 54.2 Å². The van der Waals surface area contributed by atoms with Gasteiger partial charge in [-0.25, -0.2) is 4.79 Å². The summed E-state index contributed by atoms with van der Waals surface area (Å²) in [6.45, 7) is 4.36. The third kappa shape index (κ3) is 5.06. The number of nitrogens with one attached hydrogen (secondary N) is 1. The van der Waals surface area contributed by atoms with Crippen molar-refractivity contribution in [2.45, 2.75) is 52.0 Å². The summed E-state index contributed by atoms with van der Waals surface area (Å²) >= 11 is 19.6. The molecule has 1 saturated carbocycles. The number of Topliss-reactive ketones (excluding diaryl/α,β-unsaturated/α-hetero) is 1. The molecule has 1 fully saturated rings. The molecule has 7 heteroatoms. The number of halogens is 3. The summed E-state index contributed by atoms with van der Waals surface area (Å²) in [5, 5.41) is 4.37. The Morgan fingerprint density at radius 2 is 1.46 bits per heavy atom. The van der Waals surface area contributed by atoms with Gasteiger partial charge in [0.15, 0.2) is 0 Å². The summed E-state index contributed by atoms with van der Waals surface area (Å²) in [5.41, 5.74) is 5.05. The van der Waals surface area contributed by atoms with Gasteiger partial charge in [0.05, 0.1) is 21.4 Å². The van der Waals surface area contributed by atoms with E-state index in [4.69, 9.17) is 34.8 Å². The molecule has 0 unspecified atom stereocenters. The Hall–Kier alpha value is -2.53. The van der Waals surface area contributed by atoms with Crippen molar-refractivity contribution in [2.75, 3.05) is 4.90 Å². The fourth-order valence-electron chi connectivity index (χ4n) is 4.77. The van der Waals surface area contributed by atoms with Crippen LogP contribution in [0, 0.1) is 0 Å². The Balaban J connectivity index is 0.00000141. The van der Waals surface area contributed by atoms with E-state index >= 15 is 0 Å². The summed E-state index contributed by atoms with van der Waals surface area (Å²) in [4.78, 5) is 26.5. The molecule has 3 aromatic carbocycles. The second kappa shape index (κ2) is 11.0. The largest absolute Gasteiger partial charge is 0.333 e. The fraction of sp³-hybridized carbons (Fsp3) is 0.286. The molecular weight excluding hydrogens is 503 g/mol. The summed E-state index contributed by atoms with van der Waals surface area (Å²) in [7, 11) is 0. The van der Waals surface area contributed by atoms with Gasteiger partial charge in [-0.2, -0.15) is 0 Å². The Morgan fingerprint density at radius 3 is 2.11 bits per heavy atom. The maximum atomic E-state index is 13.1. The predicted molar refractivity (Wildman–Crippen MR) is 145 cm³/mol. The van der Waals surface area contributed by atoms with E-state index in [9.17, 15) is 9.59 Å². The van der Waals surface area contributed by atoms with Crippen LogP contribution in [-0.2, 0) is 11.3 Å². The number of benzene rings is 3. The van der Waals surface area contributed by atoms with Gasteiger partial charge in [0.25, 0.3) is 0 Å². The number of amides is 2. The number of para-hydroxylation sites is 1. The van der Waals surface area contributed by atoms with E-state index in [0.29, 0.717) is 45.9 Å². The van der Waals surface area contributed by atoms with Gasteiger partial charge in [-0.15, -0.1) is 0 Å². The molecule has 1 heterocycles. The number of anilines is 2. The number of nitrogens with zero attached hydrogens (tertiary/aromatic N) is 1. The second-order valence-electron chi connectivity index (χ2n) is 8.42. The van der Waals surface area contributed by atoms with Gasteiger partial charge < -0.3 is 5.32 Å². The molecule has 1 aliphatic carbocycles. The van der Waals surface area contributed by atoms with Crippen molar-refractivity contribution in [1.29, 1.82) is 0 Å². The molecule has 4 nitrogen and oxygen atoms in total. The van der Waals surface area contributed by atoms with Gasteiger partial charge in [-0.1, -0.05) is 79.0 Å². The van der Waals surface area contributed by atoms with Crippen LogP contribution in [0.15, 0.2) is 54.6 Å². The molecule has 1 aliphatic heterocycles. The van der Waals surface area contributed by atoms with Crippen LogP contribution in [0.3, 0.4) is 0 Å². The number of hydrogen-bond donors (Lipinski definition) is 1. The number of carbonyl (C=O) groups excluding carboxylic acids is 2. The number of hydrogen-bond acceptors (Lipinski definition) is 2. The van der Waals surface area contributed by atoms with E-state index in [1.807, 2.05) is 38.1 Å². The summed E-state index contributed by atoms with van der Waals surface area (Å²) in [6, 6.07) is 16.8. The van der Waals surface area contributed by atoms with E-state index in [2.05, 4.69) is 17.4 Å². The van der Waals surface area contributed by atoms with Crippen molar-refractivity contribution in [3.63, 3.8) is 0 Å². The lowest BCUT2D eigenvalue weighted by molar-refractivity contribution is -0.120. The van der Waals surface area contributed by atoms with E-state index < -0.39 is 0 Å². The van der Waals surface area contributed by atoms with E-state index in [-0.39, 0.29) is 11.9 Å². The molecule has 0 radical (unpaired) electrons. The maximum Gasteiger partial charge on any atom is 0.326 e.